The van der Waals surface area contributed by atoms with E-state index in [-0.39, 0.29) is 29.7 Å². The number of piperidine rings is 1. The zero-order valence-electron chi connectivity index (χ0n) is 12.7. The predicted octanol–water partition coefficient (Wildman–Crippen LogP) is -0.0204. The number of carbonyl (C=O) groups excluding carboxylic acids is 3. The zero-order valence-corrected chi connectivity index (χ0v) is 13.5. The van der Waals surface area contributed by atoms with Crippen molar-refractivity contribution in [2.45, 2.75) is 44.8 Å². The fraction of sp³-hybridized carbons (Fsp3) is 0.786. The molecule has 0 spiro atoms. The second-order valence-corrected chi connectivity index (χ2v) is 6.87. The van der Waals surface area contributed by atoms with Crippen LogP contribution in [0.25, 0.3) is 0 Å². The Morgan fingerprint density at radius 3 is 2.81 bits per heavy atom. The molecular weight excluding hydrogens is 290 g/mol. The molecule has 6 nitrogen and oxygen atoms in total. The van der Waals surface area contributed by atoms with E-state index >= 15 is 0 Å². The highest BCUT2D eigenvalue weighted by molar-refractivity contribution is 7.99. The lowest BCUT2D eigenvalue weighted by atomic mass is 9.90. The van der Waals surface area contributed by atoms with Gasteiger partial charge in [-0.3, -0.25) is 14.4 Å². The first-order valence-electron chi connectivity index (χ1n) is 7.33. The van der Waals surface area contributed by atoms with Crippen LogP contribution in [-0.2, 0) is 14.4 Å². The van der Waals surface area contributed by atoms with Crippen LogP contribution in [0.3, 0.4) is 0 Å². The fourth-order valence-electron chi connectivity index (χ4n) is 2.95. The van der Waals surface area contributed by atoms with Gasteiger partial charge in [0.25, 0.3) is 0 Å². The lowest BCUT2D eigenvalue weighted by Gasteiger charge is -2.45. The number of fused-ring (bicyclic) bond motifs is 1. The SMILES string of the molecule is CSCC(=O)N[C@H]1CCN2C(=O)[C@@H](C(C)C)NC(=O)[C@@H]2C1. The summed E-state index contributed by atoms with van der Waals surface area (Å²) in [6, 6.07) is -0.891. The number of rotatable bonds is 4. The summed E-state index contributed by atoms with van der Waals surface area (Å²) in [6.45, 7) is 4.39. The average Bonchev–Trinajstić information content (AvgIpc) is 2.42. The standard InChI is InChI=1S/C14H23N3O3S/c1-8(2)12-14(20)17-5-4-9(15-11(18)7-21-3)6-10(17)13(19)16-12/h8-10,12H,4-7H2,1-3H3,(H,15,18)(H,16,19)/t9-,10-,12+/m0/s1. The number of amides is 3. The van der Waals surface area contributed by atoms with Crippen molar-refractivity contribution in [1.82, 2.24) is 15.5 Å². The van der Waals surface area contributed by atoms with Crippen molar-refractivity contribution in [1.29, 1.82) is 0 Å². The molecule has 2 heterocycles. The Balaban J connectivity index is 2.00. The Labute approximate surface area is 129 Å². The van der Waals surface area contributed by atoms with Gasteiger partial charge in [-0.05, 0) is 25.0 Å². The first-order chi connectivity index (χ1) is 9.93. The summed E-state index contributed by atoms with van der Waals surface area (Å²) >= 11 is 1.47. The van der Waals surface area contributed by atoms with Crippen molar-refractivity contribution in [2.75, 3.05) is 18.6 Å². The first-order valence-corrected chi connectivity index (χ1v) is 8.72. The smallest absolute Gasteiger partial charge is 0.246 e. The van der Waals surface area contributed by atoms with Crippen molar-refractivity contribution in [3.05, 3.63) is 0 Å². The molecule has 2 aliphatic rings. The molecule has 0 radical (unpaired) electrons. The van der Waals surface area contributed by atoms with Gasteiger partial charge in [-0.2, -0.15) is 11.8 Å². The highest BCUT2D eigenvalue weighted by atomic mass is 32.2. The Kier molecular flexibility index (Phi) is 5.13. The van der Waals surface area contributed by atoms with Gasteiger partial charge >= 0.3 is 0 Å². The van der Waals surface area contributed by atoms with Gasteiger partial charge in [0, 0.05) is 12.6 Å². The van der Waals surface area contributed by atoms with E-state index in [1.54, 1.807) is 4.90 Å². The monoisotopic (exact) mass is 313 g/mol. The maximum Gasteiger partial charge on any atom is 0.246 e. The topological polar surface area (TPSA) is 78.5 Å². The van der Waals surface area contributed by atoms with Crippen molar-refractivity contribution in [3.63, 3.8) is 0 Å². The van der Waals surface area contributed by atoms with Crippen LogP contribution in [-0.4, -0.2) is 59.3 Å². The van der Waals surface area contributed by atoms with Gasteiger partial charge in [-0.25, -0.2) is 0 Å². The molecule has 0 aromatic rings. The molecule has 2 saturated heterocycles. The van der Waals surface area contributed by atoms with Crippen LogP contribution < -0.4 is 10.6 Å². The minimum atomic E-state index is -0.444. The van der Waals surface area contributed by atoms with Crippen LogP contribution >= 0.6 is 11.8 Å². The van der Waals surface area contributed by atoms with Crippen molar-refractivity contribution >= 4 is 29.5 Å². The Morgan fingerprint density at radius 1 is 1.48 bits per heavy atom. The normalized spacial score (nSPS) is 29.1. The highest BCUT2D eigenvalue weighted by Gasteiger charge is 2.44. The fourth-order valence-corrected chi connectivity index (χ4v) is 3.30. The number of carbonyl (C=O) groups is 3. The number of nitrogens with one attached hydrogen (secondary N) is 2. The van der Waals surface area contributed by atoms with Crippen LogP contribution in [0.4, 0.5) is 0 Å². The number of hydrogen-bond acceptors (Lipinski definition) is 4. The van der Waals surface area contributed by atoms with E-state index in [9.17, 15) is 14.4 Å². The maximum atomic E-state index is 12.4. The molecule has 0 bridgehead atoms. The quantitative estimate of drug-likeness (QED) is 0.764. The molecule has 2 aliphatic heterocycles. The molecule has 0 aromatic carbocycles. The molecule has 2 rings (SSSR count). The van der Waals surface area contributed by atoms with Crippen LogP contribution in [0.15, 0.2) is 0 Å². The lowest BCUT2D eigenvalue weighted by Crippen LogP contribution is -2.67. The molecule has 3 atom stereocenters. The van der Waals surface area contributed by atoms with Crippen LogP contribution in [0, 0.1) is 5.92 Å². The minimum absolute atomic E-state index is 0.00323. The van der Waals surface area contributed by atoms with E-state index in [1.807, 2.05) is 20.1 Å². The second kappa shape index (κ2) is 6.68. The van der Waals surface area contributed by atoms with E-state index in [0.717, 1.165) is 0 Å². The van der Waals surface area contributed by atoms with Crippen molar-refractivity contribution < 1.29 is 14.4 Å². The number of hydrogen-bond donors (Lipinski definition) is 2. The van der Waals surface area contributed by atoms with Crippen LogP contribution in [0.1, 0.15) is 26.7 Å². The zero-order chi connectivity index (χ0) is 15.6. The number of piperazine rings is 1. The van der Waals surface area contributed by atoms with Gasteiger partial charge in [0.2, 0.25) is 17.7 Å². The molecule has 0 saturated carbocycles. The van der Waals surface area contributed by atoms with Crippen LogP contribution in [0.5, 0.6) is 0 Å². The van der Waals surface area contributed by atoms with E-state index in [1.165, 1.54) is 11.8 Å². The average molecular weight is 313 g/mol. The third-order valence-corrected chi connectivity index (χ3v) is 4.61. The Morgan fingerprint density at radius 2 is 2.19 bits per heavy atom. The molecule has 2 N–H and O–H groups in total. The van der Waals surface area contributed by atoms with E-state index in [0.29, 0.717) is 25.1 Å². The lowest BCUT2D eigenvalue weighted by molar-refractivity contribution is -0.153. The molecule has 0 aromatic heterocycles. The largest absolute Gasteiger partial charge is 0.352 e. The molecule has 7 heteroatoms. The summed E-state index contributed by atoms with van der Waals surface area (Å²) in [7, 11) is 0. The van der Waals surface area contributed by atoms with Crippen molar-refractivity contribution in [2.24, 2.45) is 5.92 Å². The van der Waals surface area contributed by atoms with E-state index in [2.05, 4.69) is 10.6 Å². The summed E-state index contributed by atoms with van der Waals surface area (Å²) < 4.78 is 0. The molecule has 0 aliphatic carbocycles. The Bertz CT molecular complexity index is 441. The molecule has 0 unspecified atom stereocenters. The summed E-state index contributed by atoms with van der Waals surface area (Å²) in [4.78, 5) is 37.9. The second-order valence-electron chi connectivity index (χ2n) is 6.00. The summed E-state index contributed by atoms with van der Waals surface area (Å²) in [5.74, 6) is 0.399. The van der Waals surface area contributed by atoms with Crippen molar-refractivity contribution in [3.8, 4) is 0 Å². The van der Waals surface area contributed by atoms with Gasteiger partial charge in [-0.1, -0.05) is 13.8 Å². The minimum Gasteiger partial charge on any atom is -0.352 e. The highest BCUT2D eigenvalue weighted by Crippen LogP contribution is 2.24. The Hall–Kier alpha value is -1.24. The first kappa shape index (κ1) is 16.1. The molecular formula is C14H23N3O3S. The summed E-state index contributed by atoms with van der Waals surface area (Å²) in [6.07, 6.45) is 3.09. The molecule has 118 valence electrons. The number of thioether (sulfide) groups is 1. The predicted molar refractivity (Wildman–Crippen MR) is 81.8 cm³/mol. The number of nitrogens with zero attached hydrogens (tertiary/aromatic N) is 1. The van der Waals surface area contributed by atoms with E-state index < -0.39 is 12.1 Å². The third-order valence-electron chi connectivity index (χ3n) is 4.06. The van der Waals surface area contributed by atoms with Gasteiger partial charge < -0.3 is 15.5 Å². The van der Waals surface area contributed by atoms with E-state index in [4.69, 9.17) is 0 Å². The van der Waals surface area contributed by atoms with Gasteiger partial charge in [-0.15, -0.1) is 0 Å². The molecule has 2 fully saturated rings. The van der Waals surface area contributed by atoms with Gasteiger partial charge in [0.05, 0.1) is 5.75 Å². The maximum absolute atomic E-state index is 12.4. The summed E-state index contributed by atoms with van der Waals surface area (Å²) in [5.41, 5.74) is 0. The molecule has 21 heavy (non-hydrogen) atoms. The van der Waals surface area contributed by atoms with Crippen LogP contribution in [0.2, 0.25) is 0 Å². The van der Waals surface area contributed by atoms with Gasteiger partial charge in [0.15, 0.2) is 0 Å². The molecule has 3 amide bonds. The third kappa shape index (κ3) is 3.51. The summed E-state index contributed by atoms with van der Waals surface area (Å²) in [5, 5.41) is 5.76. The van der Waals surface area contributed by atoms with Gasteiger partial charge in [0.1, 0.15) is 12.1 Å².